The van der Waals surface area contributed by atoms with E-state index in [4.69, 9.17) is 4.74 Å². The molecule has 2 atom stereocenters. The van der Waals surface area contributed by atoms with Crippen LogP contribution >= 0.6 is 0 Å². The fourth-order valence-electron chi connectivity index (χ4n) is 5.00. The number of benzene rings is 3. The van der Waals surface area contributed by atoms with Crippen molar-refractivity contribution in [3.8, 4) is 0 Å². The van der Waals surface area contributed by atoms with Gasteiger partial charge >= 0.3 is 5.97 Å². The molecule has 4 aromatic rings. The van der Waals surface area contributed by atoms with Crippen LogP contribution in [0.25, 0.3) is 10.9 Å². The Hall–Kier alpha value is -4.39. The summed E-state index contributed by atoms with van der Waals surface area (Å²) in [5.74, 6) is -1.95. The summed E-state index contributed by atoms with van der Waals surface area (Å²) in [6.07, 6.45) is -0.0598. The molecule has 3 aromatic carbocycles. The number of aromatic amines is 1. The van der Waals surface area contributed by atoms with E-state index in [0.29, 0.717) is 36.0 Å². The van der Waals surface area contributed by atoms with Crippen molar-refractivity contribution in [2.75, 3.05) is 6.54 Å². The number of aliphatic hydroxyl groups is 1. The van der Waals surface area contributed by atoms with Crippen LogP contribution in [0.3, 0.4) is 0 Å². The van der Waals surface area contributed by atoms with Crippen molar-refractivity contribution in [3.05, 3.63) is 118 Å². The molecule has 0 fully saturated rings. The van der Waals surface area contributed by atoms with Gasteiger partial charge in [0.1, 0.15) is 11.6 Å². The highest BCUT2D eigenvalue weighted by atomic mass is 19.1. The van der Waals surface area contributed by atoms with E-state index in [2.05, 4.69) is 10.3 Å². The van der Waals surface area contributed by atoms with Crippen molar-refractivity contribution in [3.63, 3.8) is 0 Å². The van der Waals surface area contributed by atoms with E-state index in [1.165, 1.54) is 19.1 Å². The van der Waals surface area contributed by atoms with E-state index in [1.807, 2.05) is 60.7 Å². The van der Waals surface area contributed by atoms with Gasteiger partial charge in [0, 0.05) is 36.5 Å². The number of rotatable bonds is 8. The lowest BCUT2D eigenvalue weighted by Gasteiger charge is -2.19. The van der Waals surface area contributed by atoms with E-state index < -0.39 is 18.0 Å². The maximum atomic E-state index is 14.3. The topological polar surface area (TPSA) is 91.4 Å². The monoisotopic (exact) mass is 498 g/mol. The molecule has 188 valence electrons. The number of esters is 1. The molecule has 0 bridgehead atoms. The highest BCUT2D eigenvalue weighted by Gasteiger charge is 2.41. The number of aromatic nitrogens is 1. The zero-order chi connectivity index (χ0) is 25.9. The number of H-pyrrole nitrogens is 1. The Kier molecular flexibility index (Phi) is 6.77. The maximum absolute atomic E-state index is 14.3. The molecule has 1 aliphatic heterocycles. The SMILES string of the molecule is CC(=O)NCCc1c(C(C2=C(O)C(Cc3ccccc3)OC2=O)c2ccccc2)[nH]c2ccc(F)cc12. The number of nitrogens with one attached hydrogen (secondary N) is 2. The predicted octanol–water partition coefficient (Wildman–Crippen LogP) is 5.10. The van der Waals surface area contributed by atoms with Gasteiger partial charge in [-0.25, -0.2) is 9.18 Å². The summed E-state index contributed by atoms with van der Waals surface area (Å²) in [5, 5.41) is 14.8. The molecule has 37 heavy (non-hydrogen) atoms. The van der Waals surface area contributed by atoms with Gasteiger partial charge in [-0.2, -0.15) is 0 Å². The summed E-state index contributed by atoms with van der Waals surface area (Å²) in [5.41, 5.74) is 3.96. The number of fused-ring (bicyclic) bond motifs is 1. The molecular formula is C30H27FN2O4. The molecule has 3 N–H and O–H groups in total. The first-order valence-corrected chi connectivity index (χ1v) is 12.2. The summed E-state index contributed by atoms with van der Waals surface area (Å²) in [7, 11) is 0. The number of halogens is 1. The minimum Gasteiger partial charge on any atom is -0.508 e. The summed E-state index contributed by atoms with van der Waals surface area (Å²) in [6.45, 7) is 1.77. The van der Waals surface area contributed by atoms with Gasteiger partial charge < -0.3 is 20.1 Å². The highest BCUT2D eigenvalue weighted by molar-refractivity contribution is 5.95. The molecule has 5 rings (SSSR count). The van der Waals surface area contributed by atoms with Crippen LogP contribution in [0.15, 0.2) is 90.2 Å². The number of carbonyl (C=O) groups excluding carboxylic acids is 2. The summed E-state index contributed by atoms with van der Waals surface area (Å²) >= 11 is 0. The zero-order valence-electron chi connectivity index (χ0n) is 20.3. The predicted molar refractivity (Wildman–Crippen MR) is 139 cm³/mol. The number of hydrogen-bond acceptors (Lipinski definition) is 4. The third-order valence-electron chi connectivity index (χ3n) is 6.67. The molecule has 2 heterocycles. The van der Waals surface area contributed by atoms with Gasteiger partial charge in [0.05, 0.1) is 11.5 Å². The van der Waals surface area contributed by atoms with Crippen LogP contribution in [0.1, 0.15) is 35.2 Å². The lowest BCUT2D eigenvalue weighted by Crippen LogP contribution is -2.23. The second kappa shape index (κ2) is 10.3. The molecule has 0 radical (unpaired) electrons. The molecule has 1 aliphatic rings. The van der Waals surface area contributed by atoms with E-state index in [0.717, 1.165) is 16.7 Å². The average molecular weight is 499 g/mol. The molecule has 6 nitrogen and oxygen atoms in total. The molecule has 0 saturated heterocycles. The van der Waals surface area contributed by atoms with Crippen molar-refractivity contribution in [2.24, 2.45) is 0 Å². The van der Waals surface area contributed by atoms with E-state index in [-0.39, 0.29) is 23.1 Å². The Morgan fingerprint density at radius 3 is 2.49 bits per heavy atom. The van der Waals surface area contributed by atoms with Crippen LogP contribution in [0.5, 0.6) is 0 Å². The Bertz CT molecular complexity index is 1480. The van der Waals surface area contributed by atoms with Gasteiger partial charge in [0.2, 0.25) is 5.91 Å². The minimum absolute atomic E-state index is 0.111. The van der Waals surface area contributed by atoms with Crippen LogP contribution in [-0.4, -0.2) is 34.6 Å². The smallest absolute Gasteiger partial charge is 0.339 e. The molecule has 7 heteroatoms. The van der Waals surface area contributed by atoms with Gasteiger partial charge in [-0.1, -0.05) is 60.7 Å². The molecule has 0 aliphatic carbocycles. The summed E-state index contributed by atoms with van der Waals surface area (Å²) < 4.78 is 19.9. The number of cyclic esters (lactones) is 1. The second-order valence-electron chi connectivity index (χ2n) is 9.17. The highest BCUT2D eigenvalue weighted by Crippen LogP contribution is 2.41. The van der Waals surface area contributed by atoms with Gasteiger partial charge in [0.25, 0.3) is 0 Å². The standard InChI is InChI=1S/C30H27FN2O4/c1-18(34)32-15-14-22-23-17-21(31)12-13-24(23)33-28(22)26(20-10-6-3-7-11-20)27-29(35)25(37-30(27)36)16-19-8-4-2-5-9-19/h2-13,17,25-26,33,35H,14-16H2,1H3,(H,32,34). The summed E-state index contributed by atoms with van der Waals surface area (Å²) in [6, 6.07) is 23.3. The molecule has 1 aromatic heterocycles. The Morgan fingerprint density at radius 1 is 1.08 bits per heavy atom. The van der Waals surface area contributed by atoms with Crippen molar-refractivity contribution < 1.29 is 23.8 Å². The largest absolute Gasteiger partial charge is 0.508 e. The number of hydrogen-bond donors (Lipinski definition) is 3. The van der Waals surface area contributed by atoms with Crippen LogP contribution in [0, 0.1) is 5.82 Å². The number of aliphatic hydroxyl groups excluding tert-OH is 1. The lowest BCUT2D eigenvalue weighted by atomic mass is 9.84. The van der Waals surface area contributed by atoms with Crippen LogP contribution < -0.4 is 5.32 Å². The fourth-order valence-corrected chi connectivity index (χ4v) is 5.00. The summed E-state index contributed by atoms with van der Waals surface area (Å²) in [4.78, 5) is 28.2. The first-order chi connectivity index (χ1) is 17.9. The van der Waals surface area contributed by atoms with Crippen molar-refractivity contribution in [2.45, 2.75) is 31.8 Å². The Morgan fingerprint density at radius 2 is 1.78 bits per heavy atom. The first kappa shape index (κ1) is 24.3. The molecule has 1 amide bonds. The molecule has 0 saturated carbocycles. The fraction of sp³-hybridized carbons (Fsp3) is 0.200. The third kappa shape index (κ3) is 4.98. The van der Waals surface area contributed by atoms with E-state index in [9.17, 15) is 19.1 Å². The van der Waals surface area contributed by atoms with Crippen LogP contribution in [0.2, 0.25) is 0 Å². The van der Waals surface area contributed by atoms with E-state index >= 15 is 0 Å². The third-order valence-corrected chi connectivity index (χ3v) is 6.67. The van der Waals surface area contributed by atoms with Gasteiger partial charge in [-0.05, 0) is 41.3 Å². The van der Waals surface area contributed by atoms with Crippen molar-refractivity contribution in [1.29, 1.82) is 0 Å². The molecule has 0 spiro atoms. The van der Waals surface area contributed by atoms with E-state index in [1.54, 1.807) is 6.07 Å². The van der Waals surface area contributed by atoms with Gasteiger partial charge in [-0.3, -0.25) is 4.79 Å². The molecule has 2 unspecified atom stereocenters. The lowest BCUT2D eigenvalue weighted by molar-refractivity contribution is -0.140. The second-order valence-corrected chi connectivity index (χ2v) is 9.17. The number of carbonyl (C=O) groups is 2. The van der Waals surface area contributed by atoms with Crippen molar-refractivity contribution >= 4 is 22.8 Å². The van der Waals surface area contributed by atoms with Gasteiger partial charge in [0.15, 0.2) is 6.10 Å². The maximum Gasteiger partial charge on any atom is 0.339 e. The van der Waals surface area contributed by atoms with Crippen LogP contribution in [0.4, 0.5) is 4.39 Å². The Balaban J connectivity index is 1.65. The quantitative estimate of drug-likeness (QED) is 0.295. The average Bonchev–Trinajstić information content (AvgIpc) is 3.37. The minimum atomic E-state index is -0.805. The van der Waals surface area contributed by atoms with Crippen LogP contribution in [-0.2, 0) is 27.2 Å². The molecular weight excluding hydrogens is 471 g/mol. The normalized spacial score (nSPS) is 16.2. The number of ether oxygens (including phenoxy) is 1. The zero-order valence-corrected chi connectivity index (χ0v) is 20.3. The van der Waals surface area contributed by atoms with Gasteiger partial charge in [-0.15, -0.1) is 0 Å². The Labute approximate surface area is 213 Å². The number of amides is 1. The first-order valence-electron chi connectivity index (χ1n) is 12.2. The van der Waals surface area contributed by atoms with Crippen molar-refractivity contribution in [1.82, 2.24) is 10.3 Å².